The van der Waals surface area contributed by atoms with Gasteiger partial charge in [-0.15, -0.1) is 11.3 Å². The molecule has 4 nitrogen and oxygen atoms in total. The van der Waals surface area contributed by atoms with Crippen LogP contribution >= 0.6 is 11.3 Å². The highest BCUT2D eigenvalue weighted by molar-refractivity contribution is 7.09. The first-order valence-electron chi connectivity index (χ1n) is 5.72. The molecular weight excluding hydrogens is 234 g/mol. The van der Waals surface area contributed by atoms with E-state index < -0.39 is 0 Å². The fourth-order valence-electron chi connectivity index (χ4n) is 1.85. The van der Waals surface area contributed by atoms with Gasteiger partial charge in [0.2, 0.25) is 0 Å². The van der Waals surface area contributed by atoms with Crippen molar-refractivity contribution in [1.82, 2.24) is 14.8 Å². The summed E-state index contributed by atoms with van der Waals surface area (Å²) < 4.78 is 1.91. The maximum atomic E-state index is 9.25. The third-order valence-electron chi connectivity index (χ3n) is 2.90. The molecule has 0 fully saturated rings. The lowest BCUT2D eigenvalue weighted by Gasteiger charge is -2.02. The van der Waals surface area contributed by atoms with E-state index in [-0.39, 0.29) is 6.61 Å². The first-order chi connectivity index (χ1) is 8.15. The molecule has 2 rings (SSSR count). The summed E-state index contributed by atoms with van der Waals surface area (Å²) in [6.45, 7) is 6.75. The van der Waals surface area contributed by atoms with E-state index in [1.54, 1.807) is 11.3 Å². The topological polar surface area (TPSA) is 50.9 Å². The van der Waals surface area contributed by atoms with Crippen LogP contribution in [0.4, 0.5) is 0 Å². The van der Waals surface area contributed by atoms with Crippen molar-refractivity contribution in [3.8, 4) is 0 Å². The second-order valence-corrected chi connectivity index (χ2v) is 4.99. The zero-order valence-corrected chi connectivity index (χ0v) is 11.2. The molecule has 5 heteroatoms. The molecule has 17 heavy (non-hydrogen) atoms. The monoisotopic (exact) mass is 251 g/mol. The summed E-state index contributed by atoms with van der Waals surface area (Å²) >= 11 is 1.69. The van der Waals surface area contributed by atoms with E-state index in [1.165, 1.54) is 0 Å². The molecule has 92 valence electrons. The van der Waals surface area contributed by atoms with Crippen LogP contribution in [0.2, 0.25) is 0 Å². The van der Waals surface area contributed by atoms with Crippen molar-refractivity contribution in [2.75, 3.05) is 0 Å². The van der Waals surface area contributed by atoms with Crippen molar-refractivity contribution in [2.24, 2.45) is 0 Å². The second-order valence-electron chi connectivity index (χ2n) is 4.05. The highest BCUT2D eigenvalue weighted by Crippen LogP contribution is 2.16. The van der Waals surface area contributed by atoms with Crippen molar-refractivity contribution < 1.29 is 5.11 Å². The summed E-state index contributed by atoms with van der Waals surface area (Å²) in [6, 6.07) is 0. The Bertz CT molecular complexity index is 516. The predicted octanol–water partition coefficient (Wildman–Crippen LogP) is 2.06. The largest absolute Gasteiger partial charge is 0.392 e. The minimum Gasteiger partial charge on any atom is -0.392 e. The average molecular weight is 251 g/mol. The molecular formula is C12H17N3OS. The van der Waals surface area contributed by atoms with E-state index in [9.17, 15) is 5.11 Å². The number of aliphatic hydroxyl groups is 1. The second kappa shape index (κ2) is 4.98. The number of hydrogen-bond donors (Lipinski definition) is 1. The molecule has 0 saturated carbocycles. The van der Waals surface area contributed by atoms with Crippen LogP contribution in [-0.2, 0) is 19.6 Å². The van der Waals surface area contributed by atoms with Crippen LogP contribution in [0, 0.1) is 13.8 Å². The number of aromatic nitrogens is 3. The Kier molecular flexibility index (Phi) is 3.59. The van der Waals surface area contributed by atoms with Crippen molar-refractivity contribution in [3.05, 3.63) is 33.0 Å². The van der Waals surface area contributed by atoms with Crippen molar-refractivity contribution in [3.63, 3.8) is 0 Å². The van der Waals surface area contributed by atoms with E-state index in [2.05, 4.69) is 22.4 Å². The van der Waals surface area contributed by atoms with E-state index in [0.717, 1.165) is 34.1 Å². The van der Waals surface area contributed by atoms with Crippen molar-refractivity contribution in [1.29, 1.82) is 0 Å². The molecule has 0 aliphatic carbocycles. The van der Waals surface area contributed by atoms with Crippen LogP contribution in [0.5, 0.6) is 0 Å². The Hall–Kier alpha value is -1.20. The molecule has 0 spiro atoms. The molecule has 2 aromatic heterocycles. The standard InChI is InChI=1S/C12H17N3OS/c1-4-12-13-10(7-17-12)5-15-9(3)11(6-16)8(2)14-15/h7,16H,4-6H2,1-3H3. The van der Waals surface area contributed by atoms with Gasteiger partial charge in [-0.3, -0.25) is 4.68 Å². The van der Waals surface area contributed by atoms with Crippen molar-refractivity contribution >= 4 is 11.3 Å². The smallest absolute Gasteiger partial charge is 0.0926 e. The summed E-state index contributed by atoms with van der Waals surface area (Å²) in [7, 11) is 0. The first-order valence-corrected chi connectivity index (χ1v) is 6.60. The van der Waals surface area contributed by atoms with Gasteiger partial charge >= 0.3 is 0 Å². The Morgan fingerprint density at radius 1 is 1.41 bits per heavy atom. The molecule has 2 aromatic rings. The predicted molar refractivity (Wildman–Crippen MR) is 68.2 cm³/mol. The molecule has 0 atom stereocenters. The summed E-state index contributed by atoms with van der Waals surface area (Å²) in [5.74, 6) is 0. The summed E-state index contributed by atoms with van der Waals surface area (Å²) in [5, 5.41) is 16.9. The molecule has 1 N–H and O–H groups in total. The van der Waals surface area contributed by atoms with Gasteiger partial charge in [0.1, 0.15) is 0 Å². The van der Waals surface area contributed by atoms with Gasteiger partial charge in [0.25, 0.3) is 0 Å². The molecule has 0 aliphatic rings. The van der Waals surface area contributed by atoms with E-state index in [0.29, 0.717) is 6.54 Å². The Morgan fingerprint density at radius 2 is 2.18 bits per heavy atom. The summed E-state index contributed by atoms with van der Waals surface area (Å²) in [5.41, 5.74) is 3.89. The lowest BCUT2D eigenvalue weighted by Crippen LogP contribution is -2.04. The van der Waals surface area contributed by atoms with Gasteiger partial charge in [0.05, 0.1) is 29.5 Å². The number of hydrogen-bond acceptors (Lipinski definition) is 4. The lowest BCUT2D eigenvalue weighted by atomic mass is 10.2. The lowest BCUT2D eigenvalue weighted by molar-refractivity contribution is 0.280. The SMILES string of the molecule is CCc1nc(Cn2nc(C)c(CO)c2C)cs1. The maximum Gasteiger partial charge on any atom is 0.0926 e. The fourth-order valence-corrected chi connectivity index (χ4v) is 2.59. The molecule has 2 heterocycles. The minimum absolute atomic E-state index is 0.0505. The number of rotatable bonds is 4. The summed E-state index contributed by atoms with van der Waals surface area (Å²) in [4.78, 5) is 4.53. The van der Waals surface area contributed by atoms with Crippen molar-refractivity contribution in [2.45, 2.75) is 40.3 Å². The van der Waals surface area contributed by atoms with Crippen LogP contribution in [0.3, 0.4) is 0 Å². The normalized spacial score (nSPS) is 11.1. The van der Waals surface area contributed by atoms with Gasteiger partial charge < -0.3 is 5.11 Å². The third-order valence-corrected chi connectivity index (χ3v) is 3.94. The first kappa shape index (κ1) is 12.3. The van der Waals surface area contributed by atoms with Gasteiger partial charge in [-0.25, -0.2) is 4.98 Å². The Morgan fingerprint density at radius 3 is 2.71 bits per heavy atom. The zero-order chi connectivity index (χ0) is 12.4. The quantitative estimate of drug-likeness (QED) is 0.905. The van der Waals surface area contributed by atoms with Gasteiger partial charge in [-0.1, -0.05) is 6.92 Å². The van der Waals surface area contributed by atoms with E-state index in [4.69, 9.17) is 0 Å². The molecule has 0 radical (unpaired) electrons. The molecule has 0 aliphatic heterocycles. The highest BCUT2D eigenvalue weighted by Gasteiger charge is 2.11. The molecule has 0 bridgehead atoms. The maximum absolute atomic E-state index is 9.25. The molecule has 0 aromatic carbocycles. The van der Waals surface area contributed by atoms with Gasteiger partial charge in [-0.05, 0) is 20.3 Å². The third kappa shape index (κ3) is 2.40. The van der Waals surface area contributed by atoms with E-state index in [1.807, 2.05) is 18.5 Å². The average Bonchev–Trinajstić information content (AvgIpc) is 2.86. The Labute approximate surface area is 105 Å². The number of nitrogens with zero attached hydrogens (tertiary/aromatic N) is 3. The number of aryl methyl sites for hydroxylation is 2. The van der Waals surface area contributed by atoms with E-state index >= 15 is 0 Å². The molecule has 0 amide bonds. The molecule has 0 unspecified atom stereocenters. The van der Waals surface area contributed by atoms with Crippen LogP contribution < -0.4 is 0 Å². The van der Waals surface area contributed by atoms with Gasteiger partial charge in [0.15, 0.2) is 0 Å². The zero-order valence-electron chi connectivity index (χ0n) is 10.4. The van der Waals surface area contributed by atoms with Gasteiger partial charge in [0, 0.05) is 16.6 Å². The summed E-state index contributed by atoms with van der Waals surface area (Å²) in [6.07, 6.45) is 0.976. The highest BCUT2D eigenvalue weighted by atomic mass is 32.1. The van der Waals surface area contributed by atoms with Gasteiger partial charge in [-0.2, -0.15) is 5.10 Å². The molecule has 0 saturated heterocycles. The number of aliphatic hydroxyl groups excluding tert-OH is 1. The fraction of sp³-hybridized carbons (Fsp3) is 0.500. The van der Waals surface area contributed by atoms with Crippen LogP contribution in [-0.4, -0.2) is 19.9 Å². The minimum atomic E-state index is 0.0505. The van der Waals surface area contributed by atoms with Crippen LogP contribution in [0.15, 0.2) is 5.38 Å². The van der Waals surface area contributed by atoms with Crippen LogP contribution in [0.25, 0.3) is 0 Å². The number of thiazole rings is 1. The Balaban J connectivity index is 2.24. The van der Waals surface area contributed by atoms with Crippen LogP contribution in [0.1, 0.15) is 34.6 Å².